The molecule has 2 fully saturated rings. The van der Waals surface area contributed by atoms with E-state index in [-0.39, 0.29) is 6.04 Å². The average Bonchev–Trinajstić information content (AvgIpc) is 2.85. The molecule has 94 valence electrons. The molecule has 1 aliphatic heterocycles. The van der Waals surface area contributed by atoms with Crippen molar-refractivity contribution in [3.05, 3.63) is 0 Å². The maximum atomic E-state index is 12.2. The molecule has 1 unspecified atom stereocenters. The van der Waals surface area contributed by atoms with Gasteiger partial charge in [0.25, 0.3) is 0 Å². The van der Waals surface area contributed by atoms with Gasteiger partial charge in [-0.05, 0) is 31.6 Å². The van der Waals surface area contributed by atoms with E-state index in [9.17, 15) is 8.42 Å². The number of sulfonamides is 1. The van der Waals surface area contributed by atoms with Crippen molar-refractivity contribution < 1.29 is 8.42 Å². The highest BCUT2D eigenvalue weighted by atomic mass is 32.2. The molecule has 0 spiro atoms. The summed E-state index contributed by atoms with van der Waals surface area (Å²) in [5, 5.41) is 0. The van der Waals surface area contributed by atoms with E-state index in [1.165, 1.54) is 12.8 Å². The molecular formula is C11H22N2O2S. The first-order valence-electron chi connectivity index (χ1n) is 6.33. The minimum atomic E-state index is -3.05. The van der Waals surface area contributed by atoms with Crippen LogP contribution in [0.25, 0.3) is 0 Å². The van der Waals surface area contributed by atoms with Crippen molar-refractivity contribution in [3.63, 3.8) is 0 Å². The first kappa shape index (κ1) is 12.3. The maximum Gasteiger partial charge on any atom is 0.214 e. The van der Waals surface area contributed by atoms with Gasteiger partial charge in [0.2, 0.25) is 10.0 Å². The lowest BCUT2D eigenvalue weighted by molar-refractivity contribution is 0.387. The summed E-state index contributed by atoms with van der Waals surface area (Å²) in [4.78, 5) is 0. The predicted octanol–water partition coefficient (Wildman–Crippen LogP) is 0.929. The molecular weight excluding hydrogens is 224 g/mol. The van der Waals surface area contributed by atoms with Crippen molar-refractivity contribution in [1.82, 2.24) is 4.31 Å². The summed E-state index contributed by atoms with van der Waals surface area (Å²) in [7, 11) is -3.05. The Hall–Kier alpha value is -0.130. The Morgan fingerprint density at radius 3 is 2.44 bits per heavy atom. The van der Waals surface area contributed by atoms with Gasteiger partial charge in [-0.1, -0.05) is 12.8 Å². The molecule has 1 heterocycles. The van der Waals surface area contributed by atoms with Gasteiger partial charge in [-0.15, -0.1) is 0 Å². The third-order valence-electron chi connectivity index (χ3n) is 3.87. The van der Waals surface area contributed by atoms with Crippen LogP contribution in [0.1, 0.15) is 38.5 Å². The lowest BCUT2D eigenvalue weighted by atomic mass is 10.1. The van der Waals surface area contributed by atoms with Crippen LogP contribution < -0.4 is 5.73 Å². The van der Waals surface area contributed by atoms with E-state index in [1.807, 2.05) is 0 Å². The largest absolute Gasteiger partial charge is 0.329 e. The molecule has 0 amide bonds. The molecule has 0 aromatic heterocycles. The molecule has 2 aliphatic rings. The van der Waals surface area contributed by atoms with Gasteiger partial charge >= 0.3 is 0 Å². The lowest BCUT2D eigenvalue weighted by Gasteiger charge is -2.24. The van der Waals surface area contributed by atoms with E-state index in [4.69, 9.17) is 5.73 Å². The molecule has 1 aliphatic carbocycles. The molecule has 1 saturated carbocycles. The van der Waals surface area contributed by atoms with Crippen LogP contribution in [0.2, 0.25) is 0 Å². The Bertz CT molecular complexity index is 323. The van der Waals surface area contributed by atoms with Crippen molar-refractivity contribution in [2.45, 2.75) is 44.6 Å². The normalized spacial score (nSPS) is 28.9. The van der Waals surface area contributed by atoms with Crippen molar-refractivity contribution in [1.29, 1.82) is 0 Å². The second-order valence-corrected chi connectivity index (χ2v) is 7.04. The van der Waals surface area contributed by atoms with Gasteiger partial charge < -0.3 is 5.73 Å². The molecule has 4 nitrogen and oxygen atoms in total. The quantitative estimate of drug-likeness (QED) is 0.802. The SMILES string of the molecule is NCC1CCCN1S(=O)(=O)CC1CCCC1. The Balaban J connectivity index is 2.00. The van der Waals surface area contributed by atoms with Crippen LogP contribution in [-0.4, -0.2) is 37.6 Å². The molecule has 0 aromatic rings. The van der Waals surface area contributed by atoms with Gasteiger partial charge in [-0.25, -0.2) is 8.42 Å². The number of nitrogens with zero attached hydrogens (tertiary/aromatic N) is 1. The number of rotatable bonds is 4. The molecule has 2 rings (SSSR count). The average molecular weight is 246 g/mol. The van der Waals surface area contributed by atoms with Gasteiger partial charge in [-0.2, -0.15) is 4.31 Å². The monoisotopic (exact) mass is 246 g/mol. The summed E-state index contributed by atoms with van der Waals surface area (Å²) < 4.78 is 26.1. The second kappa shape index (κ2) is 5.02. The van der Waals surface area contributed by atoms with E-state index in [1.54, 1.807) is 4.31 Å². The molecule has 0 bridgehead atoms. The zero-order valence-corrected chi connectivity index (χ0v) is 10.6. The summed E-state index contributed by atoms with van der Waals surface area (Å²) in [5.41, 5.74) is 5.62. The van der Waals surface area contributed by atoms with Gasteiger partial charge in [-0.3, -0.25) is 0 Å². The van der Waals surface area contributed by atoms with Crippen LogP contribution in [0.5, 0.6) is 0 Å². The van der Waals surface area contributed by atoms with Crippen LogP contribution in [-0.2, 0) is 10.0 Å². The molecule has 5 heteroatoms. The zero-order valence-electron chi connectivity index (χ0n) is 9.77. The maximum absolute atomic E-state index is 12.2. The fraction of sp³-hybridized carbons (Fsp3) is 1.00. The third-order valence-corrected chi connectivity index (χ3v) is 5.96. The zero-order chi connectivity index (χ0) is 11.6. The number of nitrogens with two attached hydrogens (primary N) is 1. The van der Waals surface area contributed by atoms with Gasteiger partial charge in [0.15, 0.2) is 0 Å². The minimum Gasteiger partial charge on any atom is -0.329 e. The molecule has 1 saturated heterocycles. The Morgan fingerprint density at radius 1 is 1.12 bits per heavy atom. The third kappa shape index (κ3) is 2.57. The van der Waals surface area contributed by atoms with Crippen molar-refractivity contribution in [2.24, 2.45) is 11.7 Å². The van der Waals surface area contributed by atoms with Crippen molar-refractivity contribution in [2.75, 3.05) is 18.8 Å². The van der Waals surface area contributed by atoms with E-state index >= 15 is 0 Å². The van der Waals surface area contributed by atoms with Crippen LogP contribution >= 0.6 is 0 Å². The standard InChI is InChI=1S/C11H22N2O2S/c12-8-11-6-3-7-13(11)16(14,15)9-10-4-1-2-5-10/h10-11H,1-9,12H2. The Kier molecular flexibility index (Phi) is 3.87. The van der Waals surface area contributed by atoms with E-state index < -0.39 is 10.0 Å². The van der Waals surface area contributed by atoms with Crippen LogP contribution in [0, 0.1) is 5.92 Å². The fourth-order valence-corrected chi connectivity index (χ4v) is 5.16. The highest BCUT2D eigenvalue weighted by molar-refractivity contribution is 7.89. The topological polar surface area (TPSA) is 63.4 Å². The van der Waals surface area contributed by atoms with Gasteiger partial charge in [0.1, 0.15) is 0 Å². The molecule has 0 aromatic carbocycles. The first-order valence-corrected chi connectivity index (χ1v) is 7.94. The van der Waals surface area contributed by atoms with Crippen LogP contribution in [0.15, 0.2) is 0 Å². The Labute approximate surface area is 98.2 Å². The molecule has 16 heavy (non-hydrogen) atoms. The summed E-state index contributed by atoms with van der Waals surface area (Å²) in [6.07, 6.45) is 6.45. The van der Waals surface area contributed by atoms with E-state index in [0.717, 1.165) is 25.7 Å². The van der Waals surface area contributed by atoms with Crippen LogP contribution in [0.3, 0.4) is 0 Å². The summed E-state index contributed by atoms with van der Waals surface area (Å²) >= 11 is 0. The Morgan fingerprint density at radius 2 is 1.81 bits per heavy atom. The van der Waals surface area contributed by atoms with Gasteiger partial charge in [0.05, 0.1) is 5.75 Å². The highest BCUT2D eigenvalue weighted by Crippen LogP contribution is 2.29. The first-order chi connectivity index (χ1) is 7.63. The number of hydrogen-bond donors (Lipinski definition) is 1. The minimum absolute atomic E-state index is 0.0615. The highest BCUT2D eigenvalue weighted by Gasteiger charge is 2.35. The fourth-order valence-electron chi connectivity index (χ4n) is 2.98. The number of hydrogen-bond acceptors (Lipinski definition) is 3. The molecule has 1 atom stereocenters. The van der Waals surface area contributed by atoms with Crippen molar-refractivity contribution in [3.8, 4) is 0 Å². The van der Waals surface area contributed by atoms with E-state index in [2.05, 4.69) is 0 Å². The van der Waals surface area contributed by atoms with E-state index in [0.29, 0.717) is 24.8 Å². The van der Waals surface area contributed by atoms with Crippen molar-refractivity contribution >= 4 is 10.0 Å². The van der Waals surface area contributed by atoms with Gasteiger partial charge in [0, 0.05) is 19.1 Å². The lowest BCUT2D eigenvalue weighted by Crippen LogP contribution is -2.42. The molecule has 2 N–H and O–H groups in total. The summed E-state index contributed by atoms with van der Waals surface area (Å²) in [5.74, 6) is 0.743. The summed E-state index contributed by atoms with van der Waals surface area (Å²) in [6.45, 7) is 1.14. The summed E-state index contributed by atoms with van der Waals surface area (Å²) in [6, 6.07) is 0.0615. The molecule has 0 radical (unpaired) electrons. The predicted molar refractivity (Wildman–Crippen MR) is 64.5 cm³/mol. The second-order valence-electron chi connectivity index (χ2n) is 5.07. The van der Waals surface area contributed by atoms with Crippen LogP contribution in [0.4, 0.5) is 0 Å². The smallest absolute Gasteiger partial charge is 0.214 e.